The van der Waals surface area contributed by atoms with E-state index in [0.717, 1.165) is 23.4 Å². The second kappa shape index (κ2) is 5.61. The van der Waals surface area contributed by atoms with Gasteiger partial charge in [-0.15, -0.1) is 0 Å². The lowest BCUT2D eigenvalue weighted by Crippen LogP contribution is -2.26. The number of aryl methyl sites for hydroxylation is 1. The molecule has 1 aromatic heterocycles. The monoisotopic (exact) mass is 286 g/mol. The number of nitrogens with one attached hydrogen (secondary N) is 2. The topological polar surface area (TPSA) is 63.5 Å². The minimum atomic E-state index is -0.126. The number of furan rings is 1. The van der Waals surface area contributed by atoms with Gasteiger partial charge in [-0.1, -0.05) is 13.0 Å². The van der Waals surface area contributed by atoms with Crippen molar-refractivity contribution in [3.05, 3.63) is 47.4 Å². The lowest BCUT2D eigenvalue weighted by molar-refractivity contribution is -0.118. The Morgan fingerprint density at radius 3 is 2.95 bits per heavy atom. The normalized spacial score (nSPS) is 15.0. The summed E-state index contributed by atoms with van der Waals surface area (Å²) in [6.07, 6.45) is 1.69. The summed E-state index contributed by atoms with van der Waals surface area (Å²) in [5.41, 5.74) is 2.87. The fourth-order valence-corrected chi connectivity index (χ4v) is 2.59. The number of benzene rings is 1. The van der Waals surface area contributed by atoms with Crippen LogP contribution in [-0.4, -0.2) is 19.1 Å². The molecule has 110 valence electrons. The van der Waals surface area contributed by atoms with Crippen LogP contribution in [0.15, 0.2) is 34.9 Å². The molecule has 1 unspecified atom stereocenters. The van der Waals surface area contributed by atoms with Gasteiger partial charge in [-0.3, -0.25) is 4.79 Å². The second-order valence-corrected chi connectivity index (χ2v) is 5.02. The zero-order valence-electron chi connectivity index (χ0n) is 12.1. The van der Waals surface area contributed by atoms with Crippen LogP contribution in [0.5, 0.6) is 5.75 Å². The second-order valence-electron chi connectivity index (χ2n) is 5.02. The number of ether oxygens (including phenoxy) is 1. The molecule has 0 radical (unpaired) electrons. The first-order valence-corrected chi connectivity index (χ1v) is 7.03. The van der Waals surface area contributed by atoms with Crippen LogP contribution in [0.3, 0.4) is 0 Å². The van der Waals surface area contributed by atoms with Crippen molar-refractivity contribution in [1.29, 1.82) is 0 Å². The number of anilines is 1. The molecule has 1 aliphatic heterocycles. The average Bonchev–Trinajstić information content (AvgIpc) is 2.90. The van der Waals surface area contributed by atoms with Gasteiger partial charge in [0.25, 0.3) is 5.91 Å². The molecule has 0 saturated carbocycles. The van der Waals surface area contributed by atoms with E-state index in [-0.39, 0.29) is 18.6 Å². The van der Waals surface area contributed by atoms with Crippen LogP contribution in [0.1, 0.15) is 29.9 Å². The number of amides is 1. The standard InChI is InChI=1S/C16H18N2O3/c1-3-17-16(12-6-7-20-10(12)2)11-4-5-14-13(8-11)18-15(19)9-21-14/h4-8,16-17H,3,9H2,1-2H3,(H,18,19). The summed E-state index contributed by atoms with van der Waals surface area (Å²) < 4.78 is 10.8. The molecule has 0 bridgehead atoms. The first-order chi connectivity index (χ1) is 10.2. The molecule has 0 saturated heterocycles. The van der Waals surface area contributed by atoms with E-state index in [9.17, 15) is 4.79 Å². The predicted octanol–water partition coefficient (Wildman–Crippen LogP) is 2.62. The van der Waals surface area contributed by atoms with Crippen LogP contribution >= 0.6 is 0 Å². The third kappa shape index (κ3) is 2.64. The molecular weight excluding hydrogens is 268 g/mol. The van der Waals surface area contributed by atoms with Gasteiger partial charge in [0.15, 0.2) is 6.61 Å². The Labute approximate surface area is 123 Å². The third-order valence-electron chi connectivity index (χ3n) is 3.59. The molecule has 0 spiro atoms. The Balaban J connectivity index is 1.98. The van der Waals surface area contributed by atoms with Crippen LogP contribution in [0.2, 0.25) is 0 Å². The molecule has 5 nitrogen and oxygen atoms in total. The maximum atomic E-state index is 11.4. The Bertz CT molecular complexity index is 663. The number of hydrogen-bond donors (Lipinski definition) is 2. The summed E-state index contributed by atoms with van der Waals surface area (Å²) in [5, 5.41) is 6.29. The molecule has 1 aliphatic rings. The minimum absolute atomic E-state index is 0.0258. The van der Waals surface area contributed by atoms with Crippen molar-refractivity contribution < 1.29 is 13.9 Å². The Morgan fingerprint density at radius 2 is 2.24 bits per heavy atom. The van der Waals surface area contributed by atoms with E-state index in [0.29, 0.717) is 11.4 Å². The molecule has 3 rings (SSSR count). The molecule has 0 fully saturated rings. The Kier molecular flexibility index (Phi) is 3.66. The van der Waals surface area contributed by atoms with Crippen molar-refractivity contribution in [3.8, 4) is 5.75 Å². The van der Waals surface area contributed by atoms with Crippen molar-refractivity contribution in [1.82, 2.24) is 5.32 Å². The van der Waals surface area contributed by atoms with E-state index in [1.54, 1.807) is 6.26 Å². The molecular formula is C16H18N2O3. The van der Waals surface area contributed by atoms with E-state index < -0.39 is 0 Å². The fourth-order valence-electron chi connectivity index (χ4n) is 2.59. The van der Waals surface area contributed by atoms with Gasteiger partial charge in [-0.05, 0) is 37.2 Å². The lowest BCUT2D eigenvalue weighted by Gasteiger charge is -2.22. The quantitative estimate of drug-likeness (QED) is 0.907. The fraction of sp³-hybridized carbons (Fsp3) is 0.312. The number of carbonyl (C=O) groups is 1. The van der Waals surface area contributed by atoms with Crippen LogP contribution in [0.25, 0.3) is 0 Å². The van der Waals surface area contributed by atoms with E-state index in [4.69, 9.17) is 9.15 Å². The first kappa shape index (κ1) is 13.7. The van der Waals surface area contributed by atoms with Gasteiger partial charge in [-0.25, -0.2) is 0 Å². The van der Waals surface area contributed by atoms with Gasteiger partial charge >= 0.3 is 0 Å². The highest BCUT2D eigenvalue weighted by Crippen LogP contribution is 2.33. The van der Waals surface area contributed by atoms with Crippen LogP contribution < -0.4 is 15.4 Å². The average molecular weight is 286 g/mol. The van der Waals surface area contributed by atoms with Crippen molar-refractivity contribution in [2.45, 2.75) is 19.9 Å². The van der Waals surface area contributed by atoms with Gasteiger partial charge in [0.05, 0.1) is 18.0 Å². The van der Waals surface area contributed by atoms with E-state index in [1.165, 1.54) is 0 Å². The van der Waals surface area contributed by atoms with E-state index in [1.807, 2.05) is 31.2 Å². The molecule has 1 aromatic carbocycles. The van der Waals surface area contributed by atoms with Crippen molar-refractivity contribution in [2.75, 3.05) is 18.5 Å². The SMILES string of the molecule is CCNC(c1ccc2c(c1)NC(=O)CO2)c1ccoc1C. The molecule has 0 aliphatic carbocycles. The summed E-state index contributed by atoms with van der Waals surface area (Å²) in [6, 6.07) is 7.85. The third-order valence-corrected chi connectivity index (χ3v) is 3.59. The minimum Gasteiger partial charge on any atom is -0.482 e. The van der Waals surface area contributed by atoms with Crippen molar-refractivity contribution in [3.63, 3.8) is 0 Å². The highest BCUT2D eigenvalue weighted by atomic mass is 16.5. The smallest absolute Gasteiger partial charge is 0.262 e. The molecule has 21 heavy (non-hydrogen) atoms. The zero-order chi connectivity index (χ0) is 14.8. The summed E-state index contributed by atoms with van der Waals surface area (Å²) in [7, 11) is 0. The predicted molar refractivity (Wildman–Crippen MR) is 79.5 cm³/mol. The van der Waals surface area contributed by atoms with Gasteiger partial charge in [0.2, 0.25) is 0 Å². The maximum absolute atomic E-state index is 11.4. The summed E-state index contributed by atoms with van der Waals surface area (Å²) >= 11 is 0. The molecule has 2 aromatic rings. The van der Waals surface area contributed by atoms with Crippen molar-refractivity contribution in [2.24, 2.45) is 0 Å². The molecule has 2 N–H and O–H groups in total. The molecule has 1 atom stereocenters. The number of hydrogen-bond acceptors (Lipinski definition) is 4. The summed E-state index contributed by atoms with van der Waals surface area (Å²) in [4.78, 5) is 11.4. The summed E-state index contributed by atoms with van der Waals surface area (Å²) in [6.45, 7) is 4.91. The van der Waals surface area contributed by atoms with Crippen LogP contribution in [0, 0.1) is 6.92 Å². The Morgan fingerprint density at radius 1 is 1.38 bits per heavy atom. The van der Waals surface area contributed by atoms with E-state index in [2.05, 4.69) is 17.6 Å². The maximum Gasteiger partial charge on any atom is 0.262 e. The number of carbonyl (C=O) groups excluding carboxylic acids is 1. The van der Waals surface area contributed by atoms with Gasteiger partial charge in [0.1, 0.15) is 11.5 Å². The number of fused-ring (bicyclic) bond motifs is 1. The Hall–Kier alpha value is -2.27. The van der Waals surface area contributed by atoms with E-state index >= 15 is 0 Å². The molecule has 5 heteroatoms. The van der Waals surface area contributed by atoms with Crippen molar-refractivity contribution >= 4 is 11.6 Å². The highest BCUT2D eigenvalue weighted by molar-refractivity contribution is 5.95. The highest BCUT2D eigenvalue weighted by Gasteiger charge is 2.21. The molecule has 2 heterocycles. The summed E-state index contributed by atoms with van der Waals surface area (Å²) in [5.74, 6) is 1.47. The number of rotatable bonds is 4. The largest absolute Gasteiger partial charge is 0.482 e. The lowest BCUT2D eigenvalue weighted by atomic mass is 9.98. The van der Waals surface area contributed by atoms with Gasteiger partial charge < -0.3 is 19.8 Å². The van der Waals surface area contributed by atoms with Gasteiger partial charge in [0, 0.05) is 5.56 Å². The first-order valence-electron chi connectivity index (χ1n) is 7.03. The molecule has 1 amide bonds. The zero-order valence-corrected chi connectivity index (χ0v) is 12.1. The van der Waals surface area contributed by atoms with Crippen LogP contribution in [-0.2, 0) is 4.79 Å². The van der Waals surface area contributed by atoms with Crippen LogP contribution in [0.4, 0.5) is 5.69 Å². The van der Waals surface area contributed by atoms with Gasteiger partial charge in [-0.2, -0.15) is 0 Å².